The van der Waals surface area contributed by atoms with Gasteiger partial charge in [0, 0.05) is 23.2 Å². The fourth-order valence-corrected chi connectivity index (χ4v) is 5.29. The van der Waals surface area contributed by atoms with Gasteiger partial charge >= 0.3 is 0 Å². The molecule has 116 valence electrons. The topological polar surface area (TPSA) is 85.4 Å². The zero-order valence-electron chi connectivity index (χ0n) is 12.5. The molecule has 1 aromatic rings. The van der Waals surface area contributed by atoms with Crippen LogP contribution in [-0.4, -0.2) is 32.5 Å². The summed E-state index contributed by atoms with van der Waals surface area (Å²) in [6, 6.07) is 10.1. The Balaban J connectivity index is 1.92. The molecule has 0 spiro atoms. The van der Waals surface area contributed by atoms with Gasteiger partial charge in [-0.05, 0) is 31.7 Å². The molecule has 0 heterocycles. The molecule has 5 rings (SSSR count). The molecule has 4 aliphatic carbocycles. The van der Waals surface area contributed by atoms with Gasteiger partial charge in [0.25, 0.3) is 0 Å². The van der Waals surface area contributed by atoms with Crippen LogP contribution in [-0.2, 0) is 5.41 Å². The summed E-state index contributed by atoms with van der Waals surface area (Å²) in [5.41, 5.74) is 1.05. The summed E-state index contributed by atoms with van der Waals surface area (Å²) in [5, 5.41) is 37.2. The summed E-state index contributed by atoms with van der Waals surface area (Å²) in [4.78, 5) is 0. The molecule has 22 heavy (non-hydrogen) atoms. The van der Waals surface area contributed by atoms with Crippen LogP contribution in [0.5, 0.6) is 0 Å². The first-order valence-electron chi connectivity index (χ1n) is 7.76. The lowest BCUT2D eigenvalue weighted by molar-refractivity contribution is -0.112. The minimum Gasteiger partial charge on any atom is -0.411 e. The maximum absolute atomic E-state index is 11.4. The lowest BCUT2D eigenvalue weighted by Crippen LogP contribution is -2.71. The van der Waals surface area contributed by atoms with Gasteiger partial charge < -0.3 is 15.5 Å². The smallest absolute Gasteiger partial charge is 0.0798 e. The minimum atomic E-state index is -0.968. The summed E-state index contributed by atoms with van der Waals surface area (Å²) >= 11 is 0. The molecular weight excluding hydrogens is 280 g/mol. The first-order valence-corrected chi connectivity index (χ1v) is 7.76. The summed E-state index contributed by atoms with van der Waals surface area (Å²) in [7, 11) is 0. The number of benzene rings is 1. The lowest BCUT2D eigenvalue weighted by atomic mass is 9.41. The van der Waals surface area contributed by atoms with Gasteiger partial charge in [0.1, 0.15) is 0 Å². The van der Waals surface area contributed by atoms with Crippen molar-refractivity contribution in [2.75, 3.05) is 0 Å². The molecule has 0 aliphatic heterocycles. The molecule has 5 atom stereocenters. The summed E-state index contributed by atoms with van der Waals surface area (Å²) in [5.74, 6) is -0.228. The van der Waals surface area contributed by atoms with Crippen LogP contribution in [0.2, 0.25) is 0 Å². The minimum absolute atomic E-state index is 0.139. The molecule has 0 amide bonds. The van der Waals surface area contributed by atoms with Gasteiger partial charge in [0.15, 0.2) is 0 Å². The van der Waals surface area contributed by atoms with Crippen LogP contribution in [0.25, 0.3) is 0 Å². The van der Waals surface area contributed by atoms with Crippen LogP contribution < -0.4 is 0 Å². The molecule has 4 fully saturated rings. The Morgan fingerprint density at radius 3 is 2.36 bits per heavy atom. The molecule has 0 saturated heterocycles. The zero-order valence-corrected chi connectivity index (χ0v) is 12.5. The average molecular weight is 300 g/mol. The molecule has 5 nitrogen and oxygen atoms in total. The molecule has 0 radical (unpaired) electrons. The number of nitrogens with zero attached hydrogens (tertiary/aromatic N) is 2. The SMILES string of the molecule is CC1(O)C2CC3CC1(c1ccccc1)CC(C3=NO)/C2=N/O. The number of rotatable bonds is 1. The summed E-state index contributed by atoms with van der Waals surface area (Å²) < 4.78 is 0. The van der Waals surface area contributed by atoms with Gasteiger partial charge in [-0.2, -0.15) is 0 Å². The van der Waals surface area contributed by atoms with E-state index in [1.54, 1.807) is 0 Å². The lowest BCUT2D eigenvalue weighted by Gasteiger charge is -2.64. The maximum Gasteiger partial charge on any atom is 0.0798 e. The first-order chi connectivity index (χ1) is 10.5. The van der Waals surface area contributed by atoms with Gasteiger partial charge in [0.05, 0.1) is 17.0 Å². The van der Waals surface area contributed by atoms with Crippen molar-refractivity contribution in [1.82, 2.24) is 0 Å². The van der Waals surface area contributed by atoms with Crippen molar-refractivity contribution in [2.45, 2.75) is 37.2 Å². The highest BCUT2D eigenvalue weighted by atomic mass is 16.4. The Labute approximate surface area is 129 Å². The molecule has 5 heteroatoms. The maximum atomic E-state index is 11.4. The second-order valence-electron chi connectivity index (χ2n) is 7.09. The normalized spacial score (nSPS) is 46.5. The fourth-order valence-electron chi connectivity index (χ4n) is 5.29. The molecule has 5 unspecified atom stereocenters. The van der Waals surface area contributed by atoms with E-state index in [1.165, 1.54) is 0 Å². The Kier molecular flexibility index (Phi) is 2.70. The third-order valence-electron chi connectivity index (χ3n) is 6.36. The Morgan fingerprint density at radius 1 is 1.05 bits per heavy atom. The highest BCUT2D eigenvalue weighted by Crippen LogP contribution is 2.63. The Morgan fingerprint density at radius 2 is 1.73 bits per heavy atom. The molecule has 4 aliphatic rings. The van der Waals surface area contributed by atoms with E-state index in [0.717, 1.165) is 12.0 Å². The predicted molar refractivity (Wildman–Crippen MR) is 81.5 cm³/mol. The fraction of sp³-hybridized carbons (Fsp3) is 0.529. The van der Waals surface area contributed by atoms with E-state index in [9.17, 15) is 15.5 Å². The highest BCUT2D eigenvalue weighted by Gasteiger charge is 2.68. The van der Waals surface area contributed by atoms with Crippen LogP contribution in [0, 0.1) is 17.8 Å². The third kappa shape index (κ3) is 1.42. The second-order valence-corrected chi connectivity index (χ2v) is 7.09. The monoisotopic (exact) mass is 300 g/mol. The quantitative estimate of drug-likeness (QED) is 0.550. The summed E-state index contributed by atoms with van der Waals surface area (Å²) in [6.07, 6.45) is 2.07. The number of aliphatic hydroxyl groups is 1. The first kappa shape index (κ1) is 13.8. The molecule has 4 saturated carbocycles. The van der Waals surface area contributed by atoms with Gasteiger partial charge in [-0.25, -0.2) is 0 Å². The van der Waals surface area contributed by atoms with Crippen LogP contribution in [0.1, 0.15) is 31.7 Å². The Hall–Kier alpha value is -1.88. The standard InChI is InChI=1S/C17H20N2O3/c1-16(20)13-7-10-8-17(16,11-5-3-2-4-6-11)9-12(14(10)18-21)15(13)19-22/h2-6,10,12-13,20-22H,7-9H2,1H3/b18-14?,19-15-. The predicted octanol–water partition coefficient (Wildman–Crippen LogP) is 2.40. The average Bonchev–Trinajstić information content (AvgIpc) is 2.52. The second kappa shape index (κ2) is 4.32. The van der Waals surface area contributed by atoms with E-state index in [1.807, 2.05) is 25.1 Å². The third-order valence-corrected chi connectivity index (χ3v) is 6.36. The van der Waals surface area contributed by atoms with Gasteiger partial charge in [-0.1, -0.05) is 40.6 Å². The molecular formula is C17H20N2O3. The van der Waals surface area contributed by atoms with Crippen molar-refractivity contribution in [3.05, 3.63) is 35.9 Å². The summed E-state index contributed by atoms with van der Waals surface area (Å²) in [6.45, 7) is 1.86. The molecule has 4 bridgehead atoms. The van der Waals surface area contributed by atoms with Crippen molar-refractivity contribution in [3.63, 3.8) is 0 Å². The largest absolute Gasteiger partial charge is 0.411 e. The van der Waals surface area contributed by atoms with Crippen molar-refractivity contribution in [3.8, 4) is 0 Å². The molecule has 1 aromatic carbocycles. The van der Waals surface area contributed by atoms with Gasteiger partial charge in [-0.15, -0.1) is 0 Å². The van der Waals surface area contributed by atoms with Crippen molar-refractivity contribution in [2.24, 2.45) is 28.1 Å². The van der Waals surface area contributed by atoms with Gasteiger partial charge in [-0.3, -0.25) is 0 Å². The highest BCUT2D eigenvalue weighted by molar-refractivity contribution is 6.13. The van der Waals surface area contributed by atoms with Crippen molar-refractivity contribution in [1.29, 1.82) is 0 Å². The number of hydrogen-bond donors (Lipinski definition) is 3. The molecule has 3 N–H and O–H groups in total. The van der Waals surface area contributed by atoms with E-state index >= 15 is 0 Å². The van der Waals surface area contributed by atoms with Crippen molar-refractivity contribution >= 4 is 11.4 Å². The van der Waals surface area contributed by atoms with Crippen LogP contribution >= 0.6 is 0 Å². The number of oxime groups is 2. The number of hydrogen-bond acceptors (Lipinski definition) is 5. The Bertz CT molecular complexity index is 668. The van der Waals surface area contributed by atoms with E-state index < -0.39 is 5.60 Å². The van der Waals surface area contributed by atoms with E-state index in [4.69, 9.17) is 0 Å². The zero-order chi connectivity index (χ0) is 15.5. The van der Waals surface area contributed by atoms with Gasteiger partial charge in [0.2, 0.25) is 0 Å². The van der Waals surface area contributed by atoms with E-state index in [-0.39, 0.29) is 23.2 Å². The van der Waals surface area contributed by atoms with Crippen LogP contribution in [0.4, 0.5) is 0 Å². The van der Waals surface area contributed by atoms with Crippen LogP contribution in [0.15, 0.2) is 40.6 Å². The van der Waals surface area contributed by atoms with E-state index in [0.29, 0.717) is 24.3 Å². The molecule has 0 aromatic heterocycles. The van der Waals surface area contributed by atoms with Crippen molar-refractivity contribution < 1.29 is 15.5 Å². The van der Waals surface area contributed by atoms with Crippen LogP contribution in [0.3, 0.4) is 0 Å². The van der Waals surface area contributed by atoms with E-state index in [2.05, 4.69) is 22.4 Å².